The van der Waals surface area contributed by atoms with Crippen molar-refractivity contribution in [3.8, 4) is 0 Å². The van der Waals surface area contributed by atoms with E-state index in [1.165, 1.54) is 25.2 Å². The fourth-order valence-corrected chi connectivity index (χ4v) is 2.95. The molecule has 0 spiro atoms. The first-order chi connectivity index (χ1) is 11.9. The van der Waals surface area contributed by atoms with Gasteiger partial charge in [-0.25, -0.2) is 0 Å². The van der Waals surface area contributed by atoms with Crippen LogP contribution in [0.15, 0.2) is 60.2 Å². The number of carbonyl (C=O) groups is 2. The van der Waals surface area contributed by atoms with Gasteiger partial charge in [0, 0.05) is 18.7 Å². The van der Waals surface area contributed by atoms with E-state index in [2.05, 4.69) is 0 Å². The van der Waals surface area contributed by atoms with Crippen LogP contribution in [0.25, 0.3) is 5.76 Å². The lowest BCUT2D eigenvalue weighted by atomic mass is 9.94. The highest BCUT2D eigenvalue weighted by Gasteiger charge is 2.46. The van der Waals surface area contributed by atoms with Crippen molar-refractivity contribution in [1.29, 1.82) is 0 Å². The number of amides is 1. The molecule has 2 aromatic rings. The molecule has 2 aromatic carbocycles. The summed E-state index contributed by atoms with van der Waals surface area (Å²) in [7, 11) is 1.38. The number of ketones is 1. The third-order valence-corrected chi connectivity index (χ3v) is 4.15. The fourth-order valence-electron chi connectivity index (χ4n) is 2.95. The average Bonchev–Trinajstić information content (AvgIpc) is 2.85. The molecular weight excluding hydrogens is 324 g/mol. The number of rotatable bonds is 3. The SMILES string of the molecule is CN1C(=O)C(=O)C(=C(O)c2ccccc2)C1c1ccccc1[N+](=O)[O-]. The third kappa shape index (κ3) is 2.65. The number of nitro groups is 1. The maximum Gasteiger partial charge on any atom is 0.295 e. The summed E-state index contributed by atoms with van der Waals surface area (Å²) in [6, 6.07) is 13.1. The molecule has 1 amide bonds. The zero-order valence-corrected chi connectivity index (χ0v) is 13.2. The van der Waals surface area contributed by atoms with Gasteiger partial charge in [-0.05, 0) is 6.07 Å². The Labute approximate surface area is 143 Å². The minimum Gasteiger partial charge on any atom is -0.507 e. The summed E-state index contributed by atoms with van der Waals surface area (Å²) < 4.78 is 0. The molecule has 0 aliphatic carbocycles. The van der Waals surface area contributed by atoms with Gasteiger partial charge in [0.15, 0.2) is 0 Å². The van der Waals surface area contributed by atoms with Crippen LogP contribution < -0.4 is 0 Å². The Kier molecular flexibility index (Phi) is 4.06. The first kappa shape index (κ1) is 16.4. The molecule has 1 N–H and O–H groups in total. The molecule has 1 fully saturated rings. The minimum absolute atomic E-state index is 0.159. The monoisotopic (exact) mass is 338 g/mol. The van der Waals surface area contributed by atoms with Crippen LogP contribution in [0.3, 0.4) is 0 Å². The van der Waals surface area contributed by atoms with Gasteiger partial charge in [-0.15, -0.1) is 0 Å². The maximum atomic E-state index is 12.4. The predicted molar refractivity (Wildman–Crippen MR) is 89.6 cm³/mol. The molecule has 0 bridgehead atoms. The third-order valence-electron chi connectivity index (χ3n) is 4.15. The molecule has 1 atom stereocenters. The molecule has 0 aromatic heterocycles. The second kappa shape index (κ2) is 6.20. The van der Waals surface area contributed by atoms with Crippen molar-refractivity contribution in [2.45, 2.75) is 6.04 Å². The van der Waals surface area contributed by atoms with Crippen LogP contribution in [0.1, 0.15) is 17.2 Å². The molecule has 1 heterocycles. The first-order valence-electron chi connectivity index (χ1n) is 7.47. The van der Waals surface area contributed by atoms with Gasteiger partial charge in [-0.1, -0.05) is 42.5 Å². The van der Waals surface area contributed by atoms with Gasteiger partial charge in [0.1, 0.15) is 5.76 Å². The molecular formula is C18H14N2O5. The molecule has 7 heteroatoms. The zero-order chi connectivity index (χ0) is 18.1. The minimum atomic E-state index is -1.03. The number of aliphatic hydroxyl groups is 1. The summed E-state index contributed by atoms with van der Waals surface area (Å²) in [5, 5.41) is 21.9. The van der Waals surface area contributed by atoms with E-state index in [0.29, 0.717) is 5.56 Å². The number of carbonyl (C=O) groups excluding carboxylic acids is 2. The summed E-state index contributed by atoms with van der Waals surface area (Å²) >= 11 is 0. The predicted octanol–water partition coefficient (Wildman–Crippen LogP) is 2.65. The molecule has 25 heavy (non-hydrogen) atoms. The van der Waals surface area contributed by atoms with E-state index < -0.39 is 22.7 Å². The quantitative estimate of drug-likeness (QED) is 0.305. The Hall–Kier alpha value is -3.48. The van der Waals surface area contributed by atoms with Gasteiger partial charge < -0.3 is 10.0 Å². The van der Waals surface area contributed by atoms with Crippen molar-refractivity contribution in [2.24, 2.45) is 0 Å². The van der Waals surface area contributed by atoms with E-state index >= 15 is 0 Å². The number of benzene rings is 2. The standard InChI is InChI=1S/C18H14N2O5/c1-19-15(12-9-5-6-10-13(12)20(24)25)14(17(22)18(19)23)16(21)11-7-3-2-4-8-11/h2-10,15,21H,1H3. The molecule has 1 unspecified atom stereocenters. The number of nitro benzene ring substituents is 1. The molecule has 3 rings (SSSR count). The number of hydrogen-bond donors (Lipinski definition) is 1. The molecule has 1 saturated heterocycles. The number of Topliss-reactive ketones (excluding diaryl/α,β-unsaturated/α-hetero) is 1. The van der Waals surface area contributed by atoms with Gasteiger partial charge in [0.05, 0.1) is 22.1 Å². The normalized spacial score (nSPS) is 19.2. The Morgan fingerprint density at radius 3 is 2.32 bits per heavy atom. The largest absolute Gasteiger partial charge is 0.507 e. The number of likely N-dealkylation sites (N-methyl/N-ethyl adjacent to an activating group) is 1. The van der Waals surface area contributed by atoms with Crippen molar-refractivity contribution in [3.63, 3.8) is 0 Å². The van der Waals surface area contributed by atoms with Crippen molar-refractivity contribution in [1.82, 2.24) is 4.90 Å². The Morgan fingerprint density at radius 1 is 1.08 bits per heavy atom. The van der Waals surface area contributed by atoms with Gasteiger partial charge in [0.25, 0.3) is 17.4 Å². The van der Waals surface area contributed by atoms with E-state index in [-0.39, 0.29) is 22.6 Å². The molecule has 1 aliphatic heterocycles. The molecule has 1 aliphatic rings. The van der Waals surface area contributed by atoms with Gasteiger partial charge >= 0.3 is 0 Å². The molecule has 0 saturated carbocycles. The van der Waals surface area contributed by atoms with E-state index in [4.69, 9.17) is 0 Å². The molecule has 7 nitrogen and oxygen atoms in total. The van der Waals surface area contributed by atoms with Crippen LogP contribution in [0.5, 0.6) is 0 Å². The first-order valence-corrected chi connectivity index (χ1v) is 7.47. The highest BCUT2D eigenvalue weighted by Crippen LogP contribution is 2.41. The molecule has 126 valence electrons. The van der Waals surface area contributed by atoms with Crippen molar-refractivity contribution in [3.05, 3.63) is 81.4 Å². The van der Waals surface area contributed by atoms with Crippen molar-refractivity contribution >= 4 is 23.1 Å². The lowest BCUT2D eigenvalue weighted by Gasteiger charge is -2.20. The summed E-state index contributed by atoms with van der Waals surface area (Å²) in [6.07, 6.45) is 0. The van der Waals surface area contributed by atoms with Crippen LogP contribution in [-0.2, 0) is 9.59 Å². The maximum absolute atomic E-state index is 12.4. The van der Waals surface area contributed by atoms with Gasteiger partial charge in [-0.3, -0.25) is 19.7 Å². The van der Waals surface area contributed by atoms with Crippen LogP contribution in [-0.4, -0.2) is 33.7 Å². The number of hydrogen-bond acceptors (Lipinski definition) is 5. The smallest absolute Gasteiger partial charge is 0.295 e. The lowest BCUT2D eigenvalue weighted by Crippen LogP contribution is -2.25. The molecule has 0 radical (unpaired) electrons. The van der Waals surface area contributed by atoms with Crippen LogP contribution in [0.2, 0.25) is 0 Å². The number of nitrogens with zero attached hydrogens (tertiary/aromatic N) is 2. The van der Waals surface area contributed by atoms with Gasteiger partial charge in [-0.2, -0.15) is 0 Å². The summed E-state index contributed by atoms with van der Waals surface area (Å²) in [5.74, 6) is -2.04. The van der Waals surface area contributed by atoms with Crippen LogP contribution >= 0.6 is 0 Å². The fraction of sp³-hybridized carbons (Fsp3) is 0.111. The van der Waals surface area contributed by atoms with E-state index in [1.807, 2.05) is 0 Å². The second-order valence-corrected chi connectivity index (χ2v) is 5.59. The Morgan fingerprint density at radius 2 is 1.68 bits per heavy atom. The van der Waals surface area contributed by atoms with Crippen molar-refractivity contribution in [2.75, 3.05) is 7.05 Å². The highest BCUT2D eigenvalue weighted by atomic mass is 16.6. The Balaban J connectivity index is 2.25. The van der Waals surface area contributed by atoms with Crippen molar-refractivity contribution < 1.29 is 19.6 Å². The second-order valence-electron chi connectivity index (χ2n) is 5.59. The topological polar surface area (TPSA) is 101 Å². The summed E-state index contributed by atoms with van der Waals surface area (Å²) in [5.41, 5.74) is 0.150. The zero-order valence-electron chi connectivity index (χ0n) is 13.2. The average molecular weight is 338 g/mol. The number of aliphatic hydroxyl groups excluding tert-OH is 1. The van der Waals surface area contributed by atoms with Crippen LogP contribution in [0, 0.1) is 10.1 Å². The Bertz CT molecular complexity index is 905. The summed E-state index contributed by atoms with van der Waals surface area (Å²) in [4.78, 5) is 36.5. The van der Waals surface area contributed by atoms with Crippen LogP contribution in [0.4, 0.5) is 5.69 Å². The van der Waals surface area contributed by atoms with E-state index in [0.717, 1.165) is 4.90 Å². The lowest BCUT2D eigenvalue weighted by molar-refractivity contribution is -0.385. The van der Waals surface area contributed by atoms with Gasteiger partial charge in [0.2, 0.25) is 0 Å². The number of para-hydroxylation sites is 1. The number of likely N-dealkylation sites (tertiary alicyclic amines) is 1. The summed E-state index contributed by atoms with van der Waals surface area (Å²) in [6.45, 7) is 0. The highest BCUT2D eigenvalue weighted by molar-refractivity contribution is 6.46. The van der Waals surface area contributed by atoms with E-state index in [9.17, 15) is 24.8 Å². The van der Waals surface area contributed by atoms with E-state index in [1.54, 1.807) is 36.4 Å².